The first-order valence-corrected chi connectivity index (χ1v) is 5.99. The molecule has 106 valence electrons. The second-order valence-electron chi connectivity index (χ2n) is 3.82. The Balaban J connectivity index is 2.77. The van der Waals surface area contributed by atoms with Crippen LogP contribution >= 0.6 is 0 Å². The van der Waals surface area contributed by atoms with E-state index in [1.54, 1.807) is 12.1 Å². The van der Waals surface area contributed by atoms with Gasteiger partial charge < -0.3 is 14.7 Å². The first kappa shape index (κ1) is 15.4. The van der Waals surface area contributed by atoms with Crippen molar-refractivity contribution in [2.45, 2.75) is 13.3 Å². The molecular weight excluding hydrogens is 256 g/mol. The maximum atomic E-state index is 12.4. The summed E-state index contributed by atoms with van der Waals surface area (Å²) in [6.07, 6.45) is -2.63. The fourth-order valence-electron chi connectivity index (χ4n) is 1.61. The van der Waals surface area contributed by atoms with Crippen molar-refractivity contribution in [3.8, 4) is 5.75 Å². The van der Waals surface area contributed by atoms with E-state index in [0.717, 1.165) is 4.90 Å². The Morgan fingerprint density at radius 3 is 2.47 bits per heavy atom. The van der Waals surface area contributed by atoms with Crippen LogP contribution in [0, 0.1) is 0 Å². The van der Waals surface area contributed by atoms with Crippen LogP contribution in [-0.2, 0) is 0 Å². The fraction of sp³-hybridized carbons (Fsp3) is 0.462. The van der Waals surface area contributed by atoms with Crippen molar-refractivity contribution < 1.29 is 23.4 Å². The second kappa shape index (κ2) is 7.68. The molecule has 1 aromatic rings. The van der Waals surface area contributed by atoms with Gasteiger partial charge in [-0.05, 0) is 31.2 Å². The molecule has 0 spiro atoms. The van der Waals surface area contributed by atoms with Crippen LogP contribution in [0.1, 0.15) is 17.3 Å². The lowest BCUT2D eigenvalue weighted by Gasteiger charge is -2.21. The Labute approximate surface area is 110 Å². The molecule has 4 nitrogen and oxygen atoms in total. The average Bonchev–Trinajstić information content (AvgIpc) is 2.38. The van der Waals surface area contributed by atoms with Gasteiger partial charge in [-0.15, -0.1) is 0 Å². The van der Waals surface area contributed by atoms with Gasteiger partial charge in [-0.1, -0.05) is 0 Å². The molecule has 0 bridgehead atoms. The van der Waals surface area contributed by atoms with Gasteiger partial charge in [-0.25, -0.2) is 8.78 Å². The van der Waals surface area contributed by atoms with Crippen LogP contribution in [0.5, 0.6) is 5.75 Å². The zero-order valence-electron chi connectivity index (χ0n) is 10.7. The number of amides is 1. The predicted octanol–water partition coefficient (Wildman–Crippen LogP) is 1.78. The number of nitrogens with zero attached hydrogens (tertiary/aromatic N) is 1. The summed E-state index contributed by atoms with van der Waals surface area (Å²) < 4.78 is 29.9. The molecular formula is C13H17F2NO3. The molecule has 0 aliphatic carbocycles. The maximum Gasteiger partial charge on any atom is 0.255 e. The third-order valence-corrected chi connectivity index (χ3v) is 2.43. The quantitative estimate of drug-likeness (QED) is 0.824. The van der Waals surface area contributed by atoms with Gasteiger partial charge in [0.25, 0.3) is 12.3 Å². The lowest BCUT2D eigenvalue weighted by molar-refractivity contribution is 0.0509. The van der Waals surface area contributed by atoms with E-state index in [1.165, 1.54) is 12.1 Å². The second-order valence-corrected chi connectivity index (χ2v) is 3.82. The van der Waals surface area contributed by atoms with Crippen molar-refractivity contribution in [3.63, 3.8) is 0 Å². The minimum Gasteiger partial charge on any atom is -0.494 e. The maximum absolute atomic E-state index is 12.4. The number of carbonyl (C=O) groups excluding carboxylic acids is 1. The number of carbonyl (C=O) groups is 1. The number of hydrogen-bond acceptors (Lipinski definition) is 3. The van der Waals surface area contributed by atoms with E-state index < -0.39 is 18.9 Å². The van der Waals surface area contributed by atoms with Crippen LogP contribution in [0.25, 0.3) is 0 Å². The lowest BCUT2D eigenvalue weighted by Crippen LogP contribution is -2.37. The van der Waals surface area contributed by atoms with Crippen LogP contribution in [0.15, 0.2) is 24.3 Å². The zero-order valence-corrected chi connectivity index (χ0v) is 10.7. The molecule has 0 unspecified atom stereocenters. The molecule has 6 heteroatoms. The van der Waals surface area contributed by atoms with Crippen molar-refractivity contribution in [2.75, 3.05) is 26.3 Å². The topological polar surface area (TPSA) is 49.8 Å². The largest absolute Gasteiger partial charge is 0.494 e. The molecule has 0 atom stereocenters. The number of aliphatic hydroxyl groups excluding tert-OH is 1. The monoisotopic (exact) mass is 273 g/mol. The standard InChI is InChI=1S/C13H17F2NO3/c1-2-19-11-5-3-10(4-6-11)13(18)16(7-8-17)9-12(14)15/h3-6,12,17H,2,7-9H2,1H3. The summed E-state index contributed by atoms with van der Waals surface area (Å²) in [5, 5.41) is 8.80. The molecule has 1 amide bonds. The van der Waals surface area contributed by atoms with Gasteiger partial charge in [0.1, 0.15) is 5.75 Å². The van der Waals surface area contributed by atoms with Crippen molar-refractivity contribution in [1.82, 2.24) is 4.90 Å². The number of benzene rings is 1. The average molecular weight is 273 g/mol. The third-order valence-electron chi connectivity index (χ3n) is 2.43. The number of alkyl halides is 2. The molecule has 0 saturated carbocycles. The number of aliphatic hydroxyl groups is 1. The predicted molar refractivity (Wildman–Crippen MR) is 66.6 cm³/mol. The highest BCUT2D eigenvalue weighted by Gasteiger charge is 2.19. The summed E-state index contributed by atoms with van der Waals surface area (Å²) >= 11 is 0. The molecule has 0 aliphatic heterocycles. The summed E-state index contributed by atoms with van der Waals surface area (Å²) in [5.41, 5.74) is 0.289. The number of ether oxygens (including phenoxy) is 1. The first-order chi connectivity index (χ1) is 9.08. The van der Waals surface area contributed by atoms with E-state index in [0.29, 0.717) is 12.4 Å². The van der Waals surface area contributed by atoms with Crippen LogP contribution in [-0.4, -0.2) is 48.6 Å². The Hall–Kier alpha value is -1.69. The van der Waals surface area contributed by atoms with Gasteiger partial charge >= 0.3 is 0 Å². The number of rotatable bonds is 7. The summed E-state index contributed by atoms with van der Waals surface area (Å²) in [6, 6.07) is 6.25. The van der Waals surface area contributed by atoms with E-state index in [2.05, 4.69) is 0 Å². The van der Waals surface area contributed by atoms with E-state index in [-0.39, 0.29) is 18.7 Å². The smallest absolute Gasteiger partial charge is 0.255 e. The highest BCUT2D eigenvalue weighted by Crippen LogP contribution is 2.14. The molecule has 0 radical (unpaired) electrons. The molecule has 1 aromatic carbocycles. The van der Waals surface area contributed by atoms with Crippen molar-refractivity contribution in [2.24, 2.45) is 0 Å². The lowest BCUT2D eigenvalue weighted by atomic mass is 10.2. The summed E-state index contributed by atoms with van der Waals surface area (Å²) in [4.78, 5) is 12.9. The highest BCUT2D eigenvalue weighted by molar-refractivity contribution is 5.94. The van der Waals surface area contributed by atoms with Crippen LogP contribution in [0.4, 0.5) is 8.78 Å². The molecule has 19 heavy (non-hydrogen) atoms. The summed E-state index contributed by atoms with van der Waals surface area (Å²) in [7, 11) is 0. The van der Waals surface area contributed by atoms with Gasteiger partial charge in [-0.3, -0.25) is 4.79 Å². The normalized spacial score (nSPS) is 10.6. The number of hydrogen-bond donors (Lipinski definition) is 1. The van der Waals surface area contributed by atoms with Gasteiger partial charge in [0.15, 0.2) is 0 Å². The van der Waals surface area contributed by atoms with Crippen molar-refractivity contribution in [1.29, 1.82) is 0 Å². The molecule has 1 N–H and O–H groups in total. The minimum atomic E-state index is -2.63. The Bertz CT molecular complexity index is 395. The van der Waals surface area contributed by atoms with Crippen molar-refractivity contribution >= 4 is 5.91 Å². The van der Waals surface area contributed by atoms with Crippen LogP contribution in [0.3, 0.4) is 0 Å². The van der Waals surface area contributed by atoms with Crippen molar-refractivity contribution in [3.05, 3.63) is 29.8 Å². The van der Waals surface area contributed by atoms with Gasteiger partial charge in [0, 0.05) is 12.1 Å². The molecule has 0 heterocycles. The highest BCUT2D eigenvalue weighted by atomic mass is 19.3. The third kappa shape index (κ3) is 4.82. The Kier molecular flexibility index (Phi) is 6.21. The summed E-state index contributed by atoms with van der Waals surface area (Å²) in [6.45, 7) is 1.19. The molecule has 0 aliphatic rings. The van der Waals surface area contributed by atoms with Gasteiger partial charge in [0.2, 0.25) is 0 Å². The molecule has 0 fully saturated rings. The Morgan fingerprint density at radius 2 is 2.00 bits per heavy atom. The van der Waals surface area contributed by atoms with E-state index in [1.807, 2.05) is 6.92 Å². The SMILES string of the molecule is CCOc1ccc(C(=O)N(CCO)CC(F)F)cc1. The van der Waals surface area contributed by atoms with Gasteiger partial charge in [-0.2, -0.15) is 0 Å². The molecule has 1 rings (SSSR count). The number of halogens is 2. The zero-order chi connectivity index (χ0) is 14.3. The van der Waals surface area contributed by atoms with E-state index in [4.69, 9.17) is 9.84 Å². The van der Waals surface area contributed by atoms with E-state index >= 15 is 0 Å². The van der Waals surface area contributed by atoms with Crippen LogP contribution in [0.2, 0.25) is 0 Å². The first-order valence-electron chi connectivity index (χ1n) is 5.99. The fourth-order valence-corrected chi connectivity index (χ4v) is 1.61. The molecule has 0 saturated heterocycles. The Morgan fingerprint density at radius 1 is 1.37 bits per heavy atom. The summed E-state index contributed by atoms with van der Waals surface area (Å²) in [5.74, 6) is 0.0824. The molecule has 0 aromatic heterocycles. The minimum absolute atomic E-state index is 0.115. The van der Waals surface area contributed by atoms with Crippen LogP contribution < -0.4 is 4.74 Å². The van der Waals surface area contributed by atoms with E-state index in [9.17, 15) is 13.6 Å². The van der Waals surface area contributed by atoms with Gasteiger partial charge in [0.05, 0.1) is 19.8 Å².